The SMILES string of the molecule is [Pt+2].[c-]1c([Si](c2[c-]c3c(cc2)c2c4c(ccc2n3-c2ccccn2)N(c2ccccc2)c2ccccc2[Si]4(c2ccccc2)c2ccccc2)(c2ccccc2)c2ccccc2)ccc2c1c1nccn1c1ccccc21. The van der Waals surface area contributed by atoms with E-state index >= 15 is 0 Å². The monoisotopic (exact) mass is 1180 g/mol. The van der Waals surface area contributed by atoms with Crippen LogP contribution in [-0.2, 0) is 21.1 Å². The summed E-state index contributed by atoms with van der Waals surface area (Å²) in [4.78, 5) is 12.7. The molecule has 0 fully saturated rings. The summed E-state index contributed by atoms with van der Waals surface area (Å²) < 4.78 is 4.60. The number of aromatic nitrogens is 4. The molecule has 0 aliphatic carbocycles. The number of benzene rings is 10. The first-order valence-corrected chi connectivity index (χ1v) is 29.6. The number of nitrogens with zero attached hydrogens (tertiary/aromatic N) is 5. The van der Waals surface area contributed by atoms with Gasteiger partial charge in [-0.2, -0.15) is 23.4 Å². The molecule has 5 heterocycles. The Hall–Kier alpha value is -8.72. The molecule has 0 amide bonds. The van der Waals surface area contributed by atoms with E-state index in [1.807, 2.05) is 18.5 Å². The number of pyridine rings is 2. The molecule has 0 radical (unpaired) electrons. The van der Waals surface area contributed by atoms with E-state index < -0.39 is 16.1 Å². The Kier molecular flexibility index (Phi) is 11.0. The fourth-order valence-electron chi connectivity index (χ4n) is 12.8. The smallest absolute Gasteiger partial charge is 0.340 e. The predicted molar refractivity (Wildman–Crippen MR) is 315 cm³/mol. The molecule has 1 aliphatic rings. The van der Waals surface area contributed by atoms with Crippen LogP contribution in [0.5, 0.6) is 0 Å². The maximum absolute atomic E-state index is 5.17. The van der Waals surface area contributed by atoms with Crippen LogP contribution in [0.3, 0.4) is 0 Å². The molecule has 10 aromatic carbocycles. The van der Waals surface area contributed by atoms with Crippen LogP contribution < -0.4 is 46.4 Å². The van der Waals surface area contributed by atoms with E-state index in [4.69, 9.17) is 9.97 Å². The molecule has 360 valence electrons. The maximum Gasteiger partial charge on any atom is 2.00 e. The average Bonchev–Trinajstić information content (AvgIpc) is 4.27. The zero-order valence-corrected chi connectivity index (χ0v) is 45.3. The second kappa shape index (κ2) is 18.3. The summed E-state index contributed by atoms with van der Waals surface area (Å²) in [5.74, 6) is 0.839. The minimum absolute atomic E-state index is 0. The standard InChI is InChI=1S/C68H45N5Si2.Pt/c1-6-22-48(23-7-1)72-60-34-18-19-35-64(60)75(51-28-12-4-13-29-51,52-30-14-5-15-31-52)67-62(72)42-41-61-66(67)57-40-38-54(47-63(57)73(61)65-36-20-21-43-69-65)74(49-24-8-2-9-25-49,50-26-10-3-11-27-50)53-37-39-55-56-32-16-17-33-59(56)71-45-44-70-68(71)58(55)46-53;/h1-45H;/q-2;+2. The minimum Gasteiger partial charge on any atom is -0.340 e. The Morgan fingerprint density at radius 2 is 1.03 bits per heavy atom. The molecule has 76 heavy (non-hydrogen) atoms. The zero-order valence-electron chi connectivity index (χ0n) is 41.0. The molecule has 0 bridgehead atoms. The van der Waals surface area contributed by atoms with Gasteiger partial charge in [0.05, 0.1) is 5.65 Å². The van der Waals surface area contributed by atoms with Gasteiger partial charge in [-0.15, -0.1) is 34.2 Å². The van der Waals surface area contributed by atoms with Crippen molar-refractivity contribution in [3.05, 3.63) is 286 Å². The summed E-state index contributed by atoms with van der Waals surface area (Å²) in [5, 5.41) is 15.7. The number of fused-ring (bicyclic) bond motifs is 12. The van der Waals surface area contributed by atoms with Crippen molar-refractivity contribution >= 4 is 124 Å². The summed E-state index contributed by atoms with van der Waals surface area (Å²) in [6.45, 7) is 0. The number of hydrogen-bond donors (Lipinski definition) is 0. The van der Waals surface area contributed by atoms with Crippen molar-refractivity contribution in [3.8, 4) is 5.82 Å². The van der Waals surface area contributed by atoms with Gasteiger partial charge in [0, 0.05) is 46.7 Å². The first-order chi connectivity index (χ1) is 37.2. The van der Waals surface area contributed by atoms with Gasteiger partial charge in [-0.3, -0.25) is 4.98 Å². The Morgan fingerprint density at radius 3 is 1.71 bits per heavy atom. The van der Waals surface area contributed by atoms with Crippen molar-refractivity contribution in [3.63, 3.8) is 0 Å². The van der Waals surface area contributed by atoms with Gasteiger partial charge >= 0.3 is 21.1 Å². The van der Waals surface area contributed by atoms with Crippen LogP contribution in [0.15, 0.2) is 273 Å². The molecule has 0 atom stereocenters. The third kappa shape index (κ3) is 6.59. The summed E-state index contributed by atoms with van der Waals surface area (Å²) in [6.07, 6.45) is 5.88. The summed E-state index contributed by atoms with van der Waals surface area (Å²) in [6, 6.07) is 103. The fourth-order valence-corrected chi connectivity index (χ4v) is 22.7. The van der Waals surface area contributed by atoms with Crippen LogP contribution in [0.2, 0.25) is 0 Å². The molecule has 0 saturated heterocycles. The van der Waals surface area contributed by atoms with Crippen LogP contribution in [0.25, 0.3) is 54.9 Å². The van der Waals surface area contributed by atoms with Gasteiger partial charge < -0.3 is 13.9 Å². The van der Waals surface area contributed by atoms with Crippen LogP contribution in [0.1, 0.15) is 0 Å². The minimum atomic E-state index is -3.29. The first kappa shape index (κ1) is 45.9. The molecule has 14 aromatic rings. The van der Waals surface area contributed by atoms with Gasteiger partial charge in [0.25, 0.3) is 0 Å². The normalized spacial score (nSPS) is 13.0. The van der Waals surface area contributed by atoms with Gasteiger partial charge in [-0.1, -0.05) is 193 Å². The molecular formula is C68H45N5PtSi2. The molecule has 0 saturated carbocycles. The van der Waals surface area contributed by atoms with Crippen molar-refractivity contribution in [1.29, 1.82) is 0 Å². The van der Waals surface area contributed by atoms with Crippen LogP contribution >= 0.6 is 0 Å². The van der Waals surface area contributed by atoms with Crippen molar-refractivity contribution in [2.24, 2.45) is 0 Å². The van der Waals surface area contributed by atoms with Gasteiger partial charge in [0.1, 0.15) is 13.9 Å². The van der Waals surface area contributed by atoms with Crippen molar-refractivity contribution in [2.75, 3.05) is 4.90 Å². The van der Waals surface area contributed by atoms with Gasteiger partial charge in [-0.05, 0) is 90.4 Å². The molecule has 0 N–H and O–H groups in total. The van der Waals surface area contributed by atoms with E-state index in [0.29, 0.717) is 0 Å². The van der Waals surface area contributed by atoms with Gasteiger partial charge in [0.15, 0.2) is 8.07 Å². The van der Waals surface area contributed by atoms with Crippen LogP contribution in [0, 0.1) is 12.1 Å². The Balaban J connectivity index is 0.00000528. The summed E-state index contributed by atoms with van der Waals surface area (Å²) in [7, 11) is -6.47. The average molecular weight is 1180 g/mol. The topological polar surface area (TPSA) is 38.4 Å². The van der Waals surface area contributed by atoms with Crippen molar-refractivity contribution < 1.29 is 21.1 Å². The fraction of sp³-hybridized carbons (Fsp3) is 0. The largest absolute Gasteiger partial charge is 2.00 e. The van der Waals surface area contributed by atoms with Crippen LogP contribution in [-0.4, -0.2) is 35.1 Å². The molecule has 5 nitrogen and oxygen atoms in total. The third-order valence-electron chi connectivity index (χ3n) is 15.8. The van der Waals surface area contributed by atoms with Gasteiger partial charge in [0.2, 0.25) is 0 Å². The Labute approximate surface area is 456 Å². The van der Waals surface area contributed by atoms with E-state index in [2.05, 4.69) is 281 Å². The van der Waals surface area contributed by atoms with E-state index in [1.54, 1.807) is 0 Å². The Morgan fingerprint density at radius 1 is 0.434 bits per heavy atom. The molecule has 8 heteroatoms. The number of imidazole rings is 1. The number of anilines is 3. The second-order valence-electron chi connectivity index (χ2n) is 19.5. The van der Waals surface area contributed by atoms with Crippen molar-refractivity contribution in [2.45, 2.75) is 0 Å². The molecule has 4 aromatic heterocycles. The maximum atomic E-state index is 5.17. The van der Waals surface area contributed by atoms with E-state index in [1.165, 1.54) is 53.3 Å². The number of hydrogen-bond acceptors (Lipinski definition) is 3. The summed E-state index contributed by atoms with van der Waals surface area (Å²) in [5.41, 5.74) is 7.58. The van der Waals surface area contributed by atoms with E-state index in [0.717, 1.165) is 60.2 Å². The predicted octanol–water partition coefficient (Wildman–Crippen LogP) is 10.3. The van der Waals surface area contributed by atoms with Crippen molar-refractivity contribution in [1.82, 2.24) is 18.9 Å². The van der Waals surface area contributed by atoms with Crippen LogP contribution in [0.4, 0.5) is 17.1 Å². The third-order valence-corrected chi connectivity index (χ3v) is 25.3. The molecule has 1 aliphatic heterocycles. The first-order valence-electron chi connectivity index (χ1n) is 25.6. The zero-order chi connectivity index (χ0) is 49.5. The molecular weight excluding hydrogens is 1140 g/mol. The summed E-state index contributed by atoms with van der Waals surface area (Å²) >= 11 is 0. The number of para-hydroxylation sites is 3. The number of rotatable bonds is 8. The molecule has 0 spiro atoms. The van der Waals surface area contributed by atoms with Gasteiger partial charge in [-0.25, -0.2) is 4.98 Å². The quantitative estimate of drug-likeness (QED) is 0.0659. The van der Waals surface area contributed by atoms with E-state index in [9.17, 15) is 0 Å². The van der Waals surface area contributed by atoms with E-state index in [-0.39, 0.29) is 21.1 Å². The second-order valence-corrected chi connectivity index (χ2v) is 26.9. The molecule has 15 rings (SSSR count). The Bertz CT molecular complexity index is 4400. The molecule has 0 unspecified atom stereocenters.